The molecule has 1 N–H and O–H groups in total. The summed E-state index contributed by atoms with van der Waals surface area (Å²) in [6.45, 7) is 9.05. The molecule has 0 fully saturated rings. The molecule has 0 radical (unpaired) electrons. The molecule has 0 aromatic heterocycles. The quantitative estimate of drug-likeness (QED) is 0.839. The van der Waals surface area contributed by atoms with Crippen molar-refractivity contribution in [3.05, 3.63) is 47.5 Å². The number of alkyl carbamates (subject to hydrolysis) is 1. The van der Waals surface area contributed by atoms with E-state index in [2.05, 4.69) is 11.4 Å². The average Bonchev–Trinajstić information content (AvgIpc) is 2.49. The summed E-state index contributed by atoms with van der Waals surface area (Å²) in [6, 6.07) is 9.36. The minimum Gasteiger partial charge on any atom is -0.444 e. The van der Waals surface area contributed by atoms with Gasteiger partial charge in [-0.05, 0) is 44.5 Å². The van der Waals surface area contributed by atoms with Gasteiger partial charge in [-0.25, -0.2) is 4.79 Å². The molecule has 0 saturated carbocycles. The number of allylic oxidation sites excluding steroid dienone is 1. The molecule has 0 unspecified atom stereocenters. The lowest BCUT2D eigenvalue weighted by Gasteiger charge is -2.21. The Balaban J connectivity index is 2.65. The summed E-state index contributed by atoms with van der Waals surface area (Å²) in [7, 11) is 0. The summed E-state index contributed by atoms with van der Waals surface area (Å²) in [4.78, 5) is 23.4. The second kappa shape index (κ2) is 7.78. The maximum atomic E-state index is 11.9. The Labute approximate surface area is 143 Å². The number of benzene rings is 1. The Kier molecular flexibility index (Phi) is 6.30. The summed E-state index contributed by atoms with van der Waals surface area (Å²) in [5.74, 6) is -0.231. The molecular formula is C19H24N2O3. The zero-order valence-corrected chi connectivity index (χ0v) is 14.8. The molecule has 5 nitrogen and oxygen atoms in total. The fraction of sp³-hybridized carbons (Fsp3) is 0.421. The van der Waals surface area contributed by atoms with E-state index in [9.17, 15) is 9.59 Å². The topological polar surface area (TPSA) is 79.2 Å². The molecule has 0 bridgehead atoms. The average molecular weight is 328 g/mol. The third kappa shape index (κ3) is 6.66. The van der Waals surface area contributed by atoms with Crippen LogP contribution in [0.4, 0.5) is 4.79 Å². The van der Waals surface area contributed by atoms with Crippen LogP contribution in [0.1, 0.15) is 45.7 Å². The van der Waals surface area contributed by atoms with E-state index in [0.29, 0.717) is 5.56 Å². The van der Waals surface area contributed by atoms with Crippen molar-refractivity contribution in [2.24, 2.45) is 0 Å². The third-order valence-corrected chi connectivity index (χ3v) is 3.23. The molecule has 5 heteroatoms. The van der Waals surface area contributed by atoms with Crippen LogP contribution in [-0.2, 0) is 14.9 Å². The Morgan fingerprint density at radius 2 is 1.92 bits per heavy atom. The molecule has 0 atom stereocenters. The van der Waals surface area contributed by atoms with Crippen molar-refractivity contribution in [3.63, 3.8) is 0 Å². The van der Waals surface area contributed by atoms with Crippen molar-refractivity contribution >= 4 is 11.9 Å². The van der Waals surface area contributed by atoms with Crippen LogP contribution in [0.3, 0.4) is 0 Å². The first-order chi connectivity index (χ1) is 11.0. The van der Waals surface area contributed by atoms with E-state index in [1.807, 2.05) is 26.0 Å². The molecule has 0 saturated heterocycles. The summed E-state index contributed by atoms with van der Waals surface area (Å²) < 4.78 is 5.07. The van der Waals surface area contributed by atoms with Crippen molar-refractivity contribution in [1.29, 1.82) is 5.26 Å². The predicted molar refractivity (Wildman–Crippen MR) is 92.6 cm³/mol. The molecule has 0 aliphatic rings. The van der Waals surface area contributed by atoms with Gasteiger partial charge < -0.3 is 10.1 Å². The van der Waals surface area contributed by atoms with Crippen molar-refractivity contribution in [2.45, 2.75) is 45.6 Å². The molecule has 0 spiro atoms. The number of nitriles is 1. The summed E-state index contributed by atoms with van der Waals surface area (Å²) in [5.41, 5.74) is 0.503. The zero-order valence-electron chi connectivity index (χ0n) is 14.8. The largest absolute Gasteiger partial charge is 0.444 e. The number of ether oxygens (including phenoxy) is 1. The molecule has 1 rings (SSSR count). The van der Waals surface area contributed by atoms with Gasteiger partial charge in [-0.15, -0.1) is 0 Å². The van der Waals surface area contributed by atoms with Gasteiger partial charge >= 0.3 is 6.09 Å². The van der Waals surface area contributed by atoms with Crippen LogP contribution in [0.5, 0.6) is 0 Å². The predicted octanol–water partition coefficient (Wildman–Crippen LogP) is 3.49. The molecule has 24 heavy (non-hydrogen) atoms. The van der Waals surface area contributed by atoms with E-state index in [1.54, 1.807) is 39.0 Å². The summed E-state index contributed by atoms with van der Waals surface area (Å²) in [5, 5.41) is 11.4. The highest BCUT2D eigenvalue weighted by Crippen LogP contribution is 2.25. The first kappa shape index (κ1) is 19.4. The number of carbonyl (C=O) groups excluding carboxylic acids is 2. The minimum atomic E-state index is -0.620. The second-order valence-electron chi connectivity index (χ2n) is 7.07. The van der Waals surface area contributed by atoms with E-state index in [1.165, 1.54) is 6.08 Å². The number of carbonyl (C=O) groups is 2. The van der Waals surface area contributed by atoms with E-state index < -0.39 is 17.1 Å². The molecule has 1 amide bonds. The highest BCUT2D eigenvalue weighted by molar-refractivity contribution is 5.93. The number of hydrogen-bond acceptors (Lipinski definition) is 4. The van der Waals surface area contributed by atoms with Gasteiger partial charge in [0.2, 0.25) is 0 Å². The van der Waals surface area contributed by atoms with Crippen molar-refractivity contribution in [1.82, 2.24) is 5.32 Å². The van der Waals surface area contributed by atoms with Gasteiger partial charge in [0.1, 0.15) is 5.60 Å². The van der Waals surface area contributed by atoms with Gasteiger partial charge in [-0.1, -0.05) is 32.1 Å². The number of amides is 1. The lowest BCUT2D eigenvalue weighted by atomic mass is 9.83. The monoisotopic (exact) mass is 328 g/mol. The second-order valence-corrected chi connectivity index (χ2v) is 7.07. The van der Waals surface area contributed by atoms with Gasteiger partial charge in [0.15, 0.2) is 5.78 Å². The van der Waals surface area contributed by atoms with Gasteiger partial charge in [0.25, 0.3) is 0 Å². The van der Waals surface area contributed by atoms with Crippen LogP contribution < -0.4 is 5.32 Å². The normalized spacial score (nSPS) is 11.8. The fourth-order valence-corrected chi connectivity index (χ4v) is 1.92. The van der Waals surface area contributed by atoms with Crippen LogP contribution in [-0.4, -0.2) is 24.0 Å². The van der Waals surface area contributed by atoms with E-state index in [0.717, 1.165) is 5.56 Å². The standard InChI is InChI=1S/C19H24N2O3/c1-18(2,3)24-17(23)21-13-16(22)9-10-19(4,5)15-8-6-7-14(11-15)12-20/h6-11H,13H2,1-5H3,(H,21,23)/b10-9+. The van der Waals surface area contributed by atoms with Gasteiger partial charge in [-0.2, -0.15) is 5.26 Å². The van der Waals surface area contributed by atoms with Crippen LogP contribution in [0.2, 0.25) is 0 Å². The van der Waals surface area contributed by atoms with Crippen LogP contribution in [0.25, 0.3) is 0 Å². The van der Waals surface area contributed by atoms with Crippen molar-refractivity contribution in [2.75, 3.05) is 6.54 Å². The number of rotatable bonds is 5. The Bertz CT molecular complexity index is 677. The number of ketones is 1. The molecule has 0 aliphatic carbocycles. The first-order valence-electron chi connectivity index (χ1n) is 7.73. The highest BCUT2D eigenvalue weighted by atomic mass is 16.6. The fourth-order valence-electron chi connectivity index (χ4n) is 1.92. The maximum Gasteiger partial charge on any atom is 0.408 e. The van der Waals surface area contributed by atoms with Gasteiger partial charge in [-0.3, -0.25) is 4.79 Å². The lowest BCUT2D eigenvalue weighted by molar-refractivity contribution is -0.113. The Morgan fingerprint density at radius 3 is 2.50 bits per heavy atom. The Hall–Kier alpha value is -2.61. The molecule has 128 valence electrons. The lowest BCUT2D eigenvalue weighted by Crippen LogP contribution is -2.35. The van der Waals surface area contributed by atoms with E-state index in [4.69, 9.17) is 10.00 Å². The minimum absolute atomic E-state index is 0.125. The zero-order chi connectivity index (χ0) is 18.4. The maximum absolute atomic E-state index is 11.9. The van der Waals surface area contributed by atoms with Gasteiger partial charge in [0, 0.05) is 5.41 Å². The van der Waals surface area contributed by atoms with E-state index >= 15 is 0 Å². The first-order valence-corrected chi connectivity index (χ1v) is 7.73. The molecule has 1 aromatic carbocycles. The highest BCUT2D eigenvalue weighted by Gasteiger charge is 2.19. The molecule has 1 aromatic rings. The third-order valence-electron chi connectivity index (χ3n) is 3.23. The SMILES string of the molecule is CC(C)(C)OC(=O)NCC(=O)/C=C/C(C)(C)c1cccc(C#N)c1. The van der Waals surface area contributed by atoms with Crippen LogP contribution >= 0.6 is 0 Å². The number of nitrogens with one attached hydrogen (secondary N) is 1. The summed E-state index contributed by atoms with van der Waals surface area (Å²) in [6.07, 6.45) is 2.59. The van der Waals surface area contributed by atoms with Crippen LogP contribution in [0, 0.1) is 11.3 Å². The van der Waals surface area contributed by atoms with E-state index in [-0.39, 0.29) is 12.3 Å². The van der Waals surface area contributed by atoms with Crippen molar-refractivity contribution < 1.29 is 14.3 Å². The number of nitrogens with zero attached hydrogens (tertiary/aromatic N) is 1. The van der Waals surface area contributed by atoms with Crippen LogP contribution in [0.15, 0.2) is 36.4 Å². The summed E-state index contributed by atoms with van der Waals surface area (Å²) >= 11 is 0. The smallest absolute Gasteiger partial charge is 0.408 e. The molecular weight excluding hydrogens is 304 g/mol. The number of hydrogen-bond donors (Lipinski definition) is 1. The molecule has 0 heterocycles. The van der Waals surface area contributed by atoms with Gasteiger partial charge in [0.05, 0.1) is 18.2 Å². The van der Waals surface area contributed by atoms with Crippen molar-refractivity contribution in [3.8, 4) is 6.07 Å². The Morgan fingerprint density at radius 1 is 1.25 bits per heavy atom. The molecule has 0 aliphatic heterocycles.